The van der Waals surface area contributed by atoms with Crippen LogP contribution in [0.5, 0.6) is 11.5 Å². The molecule has 6 rings (SSSR count). The van der Waals surface area contributed by atoms with Crippen molar-refractivity contribution < 1.29 is 19.1 Å². The molecule has 0 aliphatic carbocycles. The summed E-state index contributed by atoms with van der Waals surface area (Å²) >= 11 is 0. The van der Waals surface area contributed by atoms with E-state index in [1.54, 1.807) is 22.9 Å². The number of nitrogens with zero attached hydrogens (tertiary/aromatic N) is 4. The Morgan fingerprint density at radius 3 is 2.57 bits per heavy atom. The molecule has 0 bridgehead atoms. The molecule has 4 aromatic rings. The van der Waals surface area contributed by atoms with Crippen molar-refractivity contribution in [3.8, 4) is 17.2 Å². The third-order valence-electron chi connectivity index (χ3n) is 5.34. The Bertz CT molecular complexity index is 1380. The molecule has 0 atom stereocenters. The van der Waals surface area contributed by atoms with Crippen molar-refractivity contribution in [2.24, 2.45) is 0 Å². The van der Waals surface area contributed by atoms with Gasteiger partial charge in [-0.15, -0.1) is 0 Å². The van der Waals surface area contributed by atoms with Crippen LogP contribution in [0.4, 0.5) is 5.69 Å². The molecule has 2 aliphatic heterocycles. The predicted molar refractivity (Wildman–Crippen MR) is 107 cm³/mol. The molecule has 0 saturated heterocycles. The van der Waals surface area contributed by atoms with Gasteiger partial charge in [-0.25, -0.2) is 14.6 Å². The summed E-state index contributed by atoms with van der Waals surface area (Å²) in [5.74, 6) is 0.256. The first-order valence-electron chi connectivity index (χ1n) is 9.35. The van der Waals surface area contributed by atoms with Crippen molar-refractivity contribution in [3.05, 3.63) is 71.5 Å². The van der Waals surface area contributed by atoms with Gasteiger partial charge in [0.05, 0.1) is 33.6 Å². The van der Waals surface area contributed by atoms with E-state index in [-0.39, 0.29) is 12.4 Å². The average molecular weight is 398 g/mol. The van der Waals surface area contributed by atoms with Gasteiger partial charge in [-0.1, -0.05) is 18.2 Å². The number of hydrogen-bond acceptors (Lipinski definition) is 6. The fraction of sp³-hybridized carbons (Fsp3) is 0.0909. The van der Waals surface area contributed by atoms with Crippen LogP contribution in [0.3, 0.4) is 0 Å². The number of amides is 2. The summed E-state index contributed by atoms with van der Waals surface area (Å²) in [6.45, 7) is 1.92. The minimum Gasteiger partial charge on any atom is -0.454 e. The van der Waals surface area contributed by atoms with Gasteiger partial charge in [0, 0.05) is 12.3 Å². The highest BCUT2D eigenvalue weighted by molar-refractivity contribution is 6.37. The minimum atomic E-state index is -0.421. The molecule has 2 amide bonds. The van der Waals surface area contributed by atoms with Crippen molar-refractivity contribution in [1.29, 1.82) is 0 Å². The van der Waals surface area contributed by atoms with E-state index in [2.05, 4.69) is 10.1 Å². The molecule has 0 saturated carbocycles. The monoisotopic (exact) mass is 398 g/mol. The van der Waals surface area contributed by atoms with E-state index in [1.165, 1.54) is 6.20 Å². The molecule has 2 aromatic carbocycles. The third kappa shape index (κ3) is 2.15. The van der Waals surface area contributed by atoms with Crippen LogP contribution in [0.1, 0.15) is 26.4 Å². The Morgan fingerprint density at radius 2 is 1.73 bits per heavy atom. The van der Waals surface area contributed by atoms with E-state index in [0.717, 1.165) is 10.6 Å². The number of pyridine rings is 1. The molecule has 2 aromatic heterocycles. The van der Waals surface area contributed by atoms with E-state index in [1.807, 2.05) is 37.3 Å². The number of ether oxygens (including phenoxy) is 2. The van der Waals surface area contributed by atoms with Crippen LogP contribution in [-0.2, 0) is 0 Å². The normalized spacial score (nSPS) is 14.6. The zero-order chi connectivity index (χ0) is 20.4. The molecule has 4 heterocycles. The molecule has 0 N–H and O–H groups in total. The lowest BCUT2D eigenvalue weighted by atomic mass is 10.1. The van der Waals surface area contributed by atoms with Crippen LogP contribution in [0, 0.1) is 6.92 Å². The standard InChI is InChI=1S/C22H14N4O4/c1-12-18-19-15(10-23-20(18)26(24-12)13-5-3-2-4-6-13)21(27)25(22(19)28)14-7-8-16-17(9-14)30-11-29-16/h2-10H,11H2,1H3. The molecular formula is C22H14N4O4. The summed E-state index contributed by atoms with van der Waals surface area (Å²) in [6.07, 6.45) is 1.45. The lowest BCUT2D eigenvalue weighted by Gasteiger charge is -2.14. The Kier molecular flexibility index (Phi) is 3.29. The summed E-state index contributed by atoms with van der Waals surface area (Å²) < 4.78 is 12.4. The van der Waals surface area contributed by atoms with Crippen molar-refractivity contribution in [2.45, 2.75) is 6.92 Å². The van der Waals surface area contributed by atoms with Crippen LogP contribution in [0.25, 0.3) is 16.7 Å². The number of aryl methyl sites for hydroxylation is 1. The molecule has 0 unspecified atom stereocenters. The molecule has 8 heteroatoms. The number of hydrogen-bond donors (Lipinski definition) is 0. The van der Waals surface area contributed by atoms with Gasteiger partial charge in [0.25, 0.3) is 11.8 Å². The molecule has 146 valence electrons. The topological polar surface area (TPSA) is 86.6 Å². The number of benzene rings is 2. The SMILES string of the molecule is Cc1nn(-c2ccccc2)c2ncc3c(c12)C(=O)N(c1ccc2c(c1)OCO2)C3=O. The number of imide groups is 1. The second-order valence-corrected chi connectivity index (χ2v) is 7.06. The van der Waals surface area contributed by atoms with Gasteiger partial charge < -0.3 is 9.47 Å². The van der Waals surface area contributed by atoms with Crippen LogP contribution >= 0.6 is 0 Å². The zero-order valence-corrected chi connectivity index (χ0v) is 15.8. The van der Waals surface area contributed by atoms with Crippen LogP contribution in [0.15, 0.2) is 54.7 Å². The van der Waals surface area contributed by atoms with Gasteiger partial charge in [-0.3, -0.25) is 9.59 Å². The van der Waals surface area contributed by atoms with Gasteiger partial charge in [-0.05, 0) is 31.2 Å². The lowest BCUT2D eigenvalue weighted by Crippen LogP contribution is -2.29. The Labute approximate surface area is 170 Å². The zero-order valence-electron chi connectivity index (χ0n) is 15.8. The summed E-state index contributed by atoms with van der Waals surface area (Å²) in [4.78, 5) is 32.1. The maximum absolute atomic E-state index is 13.4. The van der Waals surface area contributed by atoms with Crippen LogP contribution in [0.2, 0.25) is 0 Å². The van der Waals surface area contributed by atoms with E-state index in [4.69, 9.17) is 9.47 Å². The first kappa shape index (κ1) is 16.7. The fourth-order valence-electron chi connectivity index (χ4n) is 3.97. The highest BCUT2D eigenvalue weighted by atomic mass is 16.7. The fourth-order valence-corrected chi connectivity index (χ4v) is 3.97. The van der Waals surface area contributed by atoms with Crippen molar-refractivity contribution in [1.82, 2.24) is 14.8 Å². The maximum Gasteiger partial charge on any atom is 0.267 e. The Hall–Kier alpha value is -4.20. The van der Waals surface area contributed by atoms with Gasteiger partial charge in [0.2, 0.25) is 6.79 Å². The summed E-state index contributed by atoms with van der Waals surface area (Å²) in [6, 6.07) is 14.5. The molecule has 30 heavy (non-hydrogen) atoms. The van der Waals surface area contributed by atoms with Crippen molar-refractivity contribution >= 4 is 28.5 Å². The number of fused-ring (bicyclic) bond motifs is 4. The highest BCUT2D eigenvalue weighted by Crippen LogP contribution is 2.39. The largest absolute Gasteiger partial charge is 0.454 e. The minimum absolute atomic E-state index is 0.114. The van der Waals surface area contributed by atoms with Gasteiger partial charge >= 0.3 is 0 Å². The second-order valence-electron chi connectivity index (χ2n) is 7.06. The predicted octanol–water partition coefficient (Wildman–Crippen LogP) is 3.26. The van der Waals surface area contributed by atoms with E-state index >= 15 is 0 Å². The molecule has 0 radical (unpaired) electrons. The molecule has 0 fully saturated rings. The van der Waals surface area contributed by atoms with Gasteiger partial charge in [-0.2, -0.15) is 5.10 Å². The number of anilines is 1. The number of carbonyl (C=O) groups is 2. The Balaban J connectivity index is 1.53. The summed E-state index contributed by atoms with van der Waals surface area (Å²) in [7, 11) is 0. The molecule has 0 spiro atoms. The second kappa shape index (κ2) is 5.90. The van der Waals surface area contributed by atoms with Crippen molar-refractivity contribution in [2.75, 3.05) is 11.7 Å². The maximum atomic E-state index is 13.4. The number of rotatable bonds is 2. The van der Waals surface area contributed by atoms with Crippen LogP contribution < -0.4 is 14.4 Å². The first-order chi connectivity index (χ1) is 14.6. The average Bonchev–Trinajstić information content (AvgIpc) is 3.43. The number of carbonyl (C=O) groups excluding carboxylic acids is 2. The highest BCUT2D eigenvalue weighted by Gasteiger charge is 2.40. The molecular weight excluding hydrogens is 384 g/mol. The lowest BCUT2D eigenvalue weighted by molar-refractivity contribution is 0.0926. The molecule has 2 aliphatic rings. The number of aromatic nitrogens is 3. The first-order valence-corrected chi connectivity index (χ1v) is 9.35. The van der Waals surface area contributed by atoms with Crippen LogP contribution in [-0.4, -0.2) is 33.4 Å². The van der Waals surface area contributed by atoms with Gasteiger partial charge in [0.1, 0.15) is 0 Å². The smallest absolute Gasteiger partial charge is 0.267 e. The van der Waals surface area contributed by atoms with Crippen molar-refractivity contribution in [3.63, 3.8) is 0 Å². The quantitative estimate of drug-likeness (QED) is 0.482. The molecule has 8 nitrogen and oxygen atoms in total. The van der Waals surface area contributed by atoms with Gasteiger partial charge in [0.15, 0.2) is 17.1 Å². The summed E-state index contributed by atoms with van der Waals surface area (Å²) in [5.41, 5.74) is 3.00. The Morgan fingerprint density at radius 1 is 0.933 bits per heavy atom. The third-order valence-corrected chi connectivity index (χ3v) is 5.34. The summed E-state index contributed by atoms with van der Waals surface area (Å²) in [5, 5.41) is 5.16. The van der Waals surface area contributed by atoms with E-state index in [9.17, 15) is 9.59 Å². The number of para-hydroxylation sites is 1. The van der Waals surface area contributed by atoms with E-state index in [0.29, 0.717) is 39.5 Å². The van der Waals surface area contributed by atoms with E-state index < -0.39 is 11.8 Å².